The minimum absolute atomic E-state index is 0.0717. The van der Waals surface area contributed by atoms with Crippen LogP contribution in [0.15, 0.2) is 51.9 Å². The first-order chi connectivity index (χ1) is 22.0. The van der Waals surface area contributed by atoms with Crippen LogP contribution in [0.25, 0.3) is 0 Å². The number of rotatable bonds is 6. The van der Waals surface area contributed by atoms with Gasteiger partial charge in [-0.2, -0.15) is 0 Å². The van der Waals surface area contributed by atoms with E-state index in [1.165, 1.54) is 50.8 Å². The van der Waals surface area contributed by atoms with Gasteiger partial charge in [-0.05, 0) is 128 Å². The van der Waals surface area contributed by atoms with Crippen molar-refractivity contribution in [2.45, 2.75) is 116 Å². The molecule has 0 N–H and O–H groups in total. The van der Waals surface area contributed by atoms with Gasteiger partial charge in [-0.15, -0.1) is 11.8 Å². The van der Waals surface area contributed by atoms with Crippen LogP contribution in [-0.4, -0.2) is 25.2 Å². The fourth-order valence-electron chi connectivity index (χ4n) is 10.4. The predicted molar refractivity (Wildman–Crippen MR) is 187 cm³/mol. The average Bonchev–Trinajstić information content (AvgIpc) is 2.99. The van der Waals surface area contributed by atoms with Gasteiger partial charge in [0, 0.05) is 36.3 Å². The van der Waals surface area contributed by atoms with Crippen molar-refractivity contribution in [1.82, 2.24) is 0 Å². The number of hydrogen-bond acceptors (Lipinski definition) is 6. The molecule has 0 spiro atoms. The van der Waals surface area contributed by atoms with E-state index >= 15 is 0 Å². The number of ether oxygens (including phenoxy) is 2. The summed E-state index contributed by atoms with van der Waals surface area (Å²) in [7, 11) is 0. The van der Waals surface area contributed by atoms with E-state index in [0.29, 0.717) is 5.92 Å². The number of halogens is 1. The lowest BCUT2D eigenvalue weighted by molar-refractivity contribution is -0.157. The zero-order valence-electron chi connectivity index (χ0n) is 29.3. The first kappa shape index (κ1) is 34.0. The molecule has 6 rings (SSSR count). The summed E-state index contributed by atoms with van der Waals surface area (Å²) in [5, 5.41) is -0.117. The van der Waals surface area contributed by atoms with E-state index in [-0.39, 0.29) is 49.6 Å². The molecule has 0 radical (unpaired) electrons. The van der Waals surface area contributed by atoms with Crippen LogP contribution in [0, 0.1) is 40.3 Å². The highest BCUT2D eigenvalue weighted by Crippen LogP contribution is 2.75. The maximum absolute atomic E-state index is 14.0. The summed E-state index contributed by atoms with van der Waals surface area (Å²) in [5.41, 5.74) is 4.58. The van der Waals surface area contributed by atoms with E-state index in [4.69, 9.17) is 9.47 Å². The molecule has 252 valence electrons. The van der Waals surface area contributed by atoms with Crippen molar-refractivity contribution in [3.63, 3.8) is 0 Å². The number of esters is 2. The van der Waals surface area contributed by atoms with Crippen LogP contribution in [0.3, 0.4) is 0 Å². The normalized spacial score (nSPS) is 35.7. The molecule has 2 aromatic carbocycles. The van der Waals surface area contributed by atoms with Crippen molar-refractivity contribution in [2.24, 2.45) is 32.6 Å². The van der Waals surface area contributed by atoms with E-state index in [1.807, 2.05) is 25.1 Å². The maximum Gasteiger partial charge on any atom is 0.308 e. The lowest BCUT2D eigenvalue weighted by atomic mass is 9.34. The molecule has 3 saturated carbocycles. The summed E-state index contributed by atoms with van der Waals surface area (Å²) in [6.45, 7) is 21.8. The molecular formula is C40H50FNO4S. The van der Waals surface area contributed by atoms with Gasteiger partial charge in [-0.25, -0.2) is 4.39 Å². The highest BCUT2D eigenvalue weighted by molar-refractivity contribution is 7.99. The third kappa shape index (κ3) is 5.39. The number of thioether (sulfide) groups is 1. The van der Waals surface area contributed by atoms with Crippen molar-refractivity contribution in [3.8, 4) is 11.5 Å². The molecular weight excluding hydrogens is 610 g/mol. The second-order valence-electron chi connectivity index (χ2n) is 16.2. The molecule has 0 aromatic heterocycles. The molecule has 2 aromatic rings. The van der Waals surface area contributed by atoms with Gasteiger partial charge in [0.2, 0.25) is 0 Å². The molecule has 47 heavy (non-hydrogen) atoms. The minimum Gasteiger partial charge on any atom is -0.423 e. The number of aliphatic imine (C=N–C) groups is 1. The van der Waals surface area contributed by atoms with Crippen LogP contribution in [0.5, 0.6) is 11.5 Å². The monoisotopic (exact) mass is 659 g/mol. The zero-order chi connectivity index (χ0) is 34.2. The van der Waals surface area contributed by atoms with E-state index in [9.17, 15) is 14.0 Å². The smallest absolute Gasteiger partial charge is 0.308 e. The number of benzene rings is 2. The van der Waals surface area contributed by atoms with Crippen LogP contribution in [-0.2, 0) is 15.0 Å². The van der Waals surface area contributed by atoms with E-state index in [0.717, 1.165) is 53.8 Å². The molecule has 0 aliphatic heterocycles. The number of carbonyl (C=O) groups is 2. The van der Waals surface area contributed by atoms with Gasteiger partial charge < -0.3 is 14.5 Å². The highest BCUT2D eigenvalue weighted by Gasteiger charge is 2.66. The van der Waals surface area contributed by atoms with E-state index in [1.54, 1.807) is 11.8 Å². The maximum atomic E-state index is 14.0. The van der Waals surface area contributed by atoms with E-state index in [2.05, 4.69) is 52.4 Å². The Balaban J connectivity index is 1.55. The Labute approximate surface area is 284 Å². The molecule has 7 atom stereocenters. The summed E-state index contributed by atoms with van der Waals surface area (Å²) in [4.78, 5) is 30.0. The lowest BCUT2D eigenvalue weighted by Gasteiger charge is -2.70. The van der Waals surface area contributed by atoms with Gasteiger partial charge >= 0.3 is 11.9 Å². The summed E-state index contributed by atoms with van der Waals surface area (Å²) in [6.07, 6.45) is 10.4. The lowest BCUT2D eigenvalue weighted by Crippen LogP contribution is -2.62. The Morgan fingerprint density at radius 3 is 2.26 bits per heavy atom. The molecule has 3 fully saturated rings. The molecule has 5 nitrogen and oxygen atoms in total. The third-order valence-electron chi connectivity index (χ3n) is 13.2. The van der Waals surface area contributed by atoms with Gasteiger partial charge in [0.25, 0.3) is 0 Å². The molecule has 0 saturated heterocycles. The third-order valence-corrected chi connectivity index (χ3v) is 14.4. The average molecular weight is 660 g/mol. The predicted octanol–water partition coefficient (Wildman–Crippen LogP) is 10.1. The van der Waals surface area contributed by atoms with Crippen molar-refractivity contribution in [2.75, 3.05) is 6.54 Å². The summed E-state index contributed by atoms with van der Waals surface area (Å²) in [5.74, 6) is -0.0823. The fourth-order valence-corrected chi connectivity index (χ4v) is 11.6. The molecule has 4 aliphatic carbocycles. The summed E-state index contributed by atoms with van der Waals surface area (Å²) < 4.78 is 25.5. The van der Waals surface area contributed by atoms with Crippen LogP contribution >= 0.6 is 11.8 Å². The second-order valence-corrected chi connectivity index (χ2v) is 17.4. The van der Waals surface area contributed by atoms with E-state index < -0.39 is 11.9 Å². The highest BCUT2D eigenvalue weighted by atomic mass is 32.2. The standard InChI is InChI=1S/C40H50FNO4S/c1-24-34-29(20-30(45-25(2)43)35(24)46-26(3)44)38(6)17-19-40(8)33-22-36(4,23-42-9)14-15-37(33,5)16-18-39(40,7)32(38)21-31(34)47-28-12-10-27(41)11-13-28/h10-13,20-21,31,33H,9,14-19,22-23H2,1-8H3/t31?,33-,36-,37-,38+,39-,40+/m1/s1. The second kappa shape index (κ2) is 11.6. The Hall–Kier alpha value is -2.93. The van der Waals surface area contributed by atoms with Gasteiger partial charge in [-0.3, -0.25) is 9.59 Å². The number of nitrogens with zero attached hydrogens (tertiary/aromatic N) is 1. The van der Waals surface area contributed by atoms with Gasteiger partial charge in [0.15, 0.2) is 11.5 Å². The van der Waals surface area contributed by atoms with Gasteiger partial charge in [0.1, 0.15) is 5.82 Å². The van der Waals surface area contributed by atoms with Crippen molar-refractivity contribution >= 4 is 30.4 Å². The van der Waals surface area contributed by atoms with Crippen LogP contribution < -0.4 is 9.47 Å². The fraction of sp³-hybridized carbons (Fsp3) is 0.575. The topological polar surface area (TPSA) is 65.0 Å². The van der Waals surface area contributed by atoms with Gasteiger partial charge in [0.05, 0.1) is 5.25 Å². The number of fused-ring (bicyclic) bond motifs is 7. The first-order valence-corrected chi connectivity index (χ1v) is 18.0. The Bertz CT molecular complexity index is 1670. The number of hydrogen-bond donors (Lipinski definition) is 0. The Kier molecular flexibility index (Phi) is 8.38. The minimum atomic E-state index is -0.472. The first-order valence-electron chi connectivity index (χ1n) is 17.1. The summed E-state index contributed by atoms with van der Waals surface area (Å²) >= 11 is 1.69. The largest absolute Gasteiger partial charge is 0.423 e. The van der Waals surface area contributed by atoms with Gasteiger partial charge in [-0.1, -0.05) is 46.3 Å². The molecule has 0 bridgehead atoms. The van der Waals surface area contributed by atoms with Crippen LogP contribution in [0.1, 0.15) is 115 Å². The molecule has 0 amide bonds. The number of allylic oxidation sites excluding steroid dienone is 1. The molecule has 4 aliphatic rings. The van der Waals surface area contributed by atoms with Crippen molar-refractivity contribution in [3.05, 3.63) is 64.5 Å². The van der Waals surface area contributed by atoms with Crippen molar-refractivity contribution < 1.29 is 23.5 Å². The molecule has 7 heteroatoms. The van der Waals surface area contributed by atoms with Crippen molar-refractivity contribution in [1.29, 1.82) is 0 Å². The Morgan fingerprint density at radius 2 is 1.62 bits per heavy atom. The molecule has 0 heterocycles. The number of carbonyl (C=O) groups excluding carboxylic acids is 2. The quantitative estimate of drug-likeness (QED) is 0.134. The Morgan fingerprint density at radius 1 is 0.957 bits per heavy atom. The van der Waals surface area contributed by atoms with Crippen LogP contribution in [0.2, 0.25) is 0 Å². The SMILES string of the molecule is C=NC[C@]1(C)CC[C@]2(C)CC[C@]3(C)C4=CC(Sc5ccc(F)cc5)c5c(cc(OC(C)=O)c(OC(C)=O)c5C)[C@]4(C)CC[C@@]3(C)[C@@H]2C1. The summed E-state index contributed by atoms with van der Waals surface area (Å²) in [6, 6.07) is 8.64. The zero-order valence-corrected chi connectivity index (χ0v) is 30.2. The molecule has 1 unspecified atom stereocenters. The van der Waals surface area contributed by atoms with Crippen LogP contribution in [0.4, 0.5) is 4.39 Å².